The van der Waals surface area contributed by atoms with Crippen LogP contribution >= 0.6 is 11.8 Å². The van der Waals surface area contributed by atoms with Crippen molar-refractivity contribution in [1.82, 2.24) is 19.7 Å². The molecule has 1 aliphatic heterocycles. The van der Waals surface area contributed by atoms with Gasteiger partial charge in [0, 0.05) is 24.2 Å². The number of nitrogens with one attached hydrogen (secondary N) is 1. The molecule has 1 amide bonds. The lowest BCUT2D eigenvalue weighted by atomic mass is 9.96. The third-order valence-electron chi connectivity index (χ3n) is 5.75. The molecule has 0 bridgehead atoms. The van der Waals surface area contributed by atoms with Crippen molar-refractivity contribution >= 4 is 23.4 Å². The number of anilines is 1. The van der Waals surface area contributed by atoms with Crippen LogP contribution in [-0.2, 0) is 11.8 Å². The van der Waals surface area contributed by atoms with Gasteiger partial charge in [-0.3, -0.25) is 9.69 Å². The van der Waals surface area contributed by atoms with Gasteiger partial charge in [0.2, 0.25) is 5.91 Å². The van der Waals surface area contributed by atoms with Crippen molar-refractivity contribution in [1.29, 1.82) is 0 Å². The van der Waals surface area contributed by atoms with E-state index in [4.69, 9.17) is 0 Å². The third-order valence-corrected chi connectivity index (χ3v) is 6.65. The number of para-hydroxylation sites is 1. The minimum Gasteiger partial charge on any atom is -0.324 e. The van der Waals surface area contributed by atoms with Crippen LogP contribution in [0.25, 0.3) is 11.1 Å². The molecule has 0 spiro atoms. The van der Waals surface area contributed by atoms with Gasteiger partial charge in [0.1, 0.15) is 5.82 Å². The fourth-order valence-corrected chi connectivity index (χ4v) is 4.78. The largest absolute Gasteiger partial charge is 0.324 e. The van der Waals surface area contributed by atoms with Gasteiger partial charge in [-0.25, -0.2) is 0 Å². The number of nitrogens with zero attached hydrogens (tertiary/aromatic N) is 4. The number of benzene rings is 2. The first kappa shape index (κ1) is 21.6. The summed E-state index contributed by atoms with van der Waals surface area (Å²) in [6.45, 7) is 4.31. The lowest BCUT2D eigenvalue weighted by Gasteiger charge is -2.31. The summed E-state index contributed by atoms with van der Waals surface area (Å²) in [6.07, 6.45) is 1.99. The number of carbonyl (C=O) groups excluding carboxylic acids is 1. The standard InChI is InChI=1S/C24H29N5OS/c1-3-31-24-27-26-23(28(24)2)19-13-15-29(16-14-19)17-22(30)25-21-12-8-7-11-20(21)18-9-5-4-6-10-18/h4-12,19H,3,13-17H2,1-2H3,(H,25,30). The number of aromatic nitrogens is 3. The normalized spacial score (nSPS) is 15.2. The lowest BCUT2D eigenvalue weighted by molar-refractivity contribution is -0.117. The number of piperidine rings is 1. The van der Waals surface area contributed by atoms with Crippen LogP contribution < -0.4 is 5.32 Å². The molecule has 1 N–H and O–H groups in total. The summed E-state index contributed by atoms with van der Waals surface area (Å²) in [4.78, 5) is 15.0. The van der Waals surface area contributed by atoms with Gasteiger partial charge in [-0.05, 0) is 43.3 Å². The molecule has 31 heavy (non-hydrogen) atoms. The zero-order valence-electron chi connectivity index (χ0n) is 18.1. The molecule has 7 heteroatoms. The van der Waals surface area contributed by atoms with Crippen LogP contribution in [0.3, 0.4) is 0 Å². The fraction of sp³-hybridized carbons (Fsp3) is 0.375. The van der Waals surface area contributed by atoms with Gasteiger partial charge in [-0.2, -0.15) is 0 Å². The average molecular weight is 436 g/mol. The number of amides is 1. The Morgan fingerprint density at radius 2 is 1.77 bits per heavy atom. The minimum absolute atomic E-state index is 0.0297. The molecule has 162 valence electrons. The molecule has 0 saturated carbocycles. The van der Waals surface area contributed by atoms with Crippen molar-refractivity contribution in [3.8, 4) is 11.1 Å². The van der Waals surface area contributed by atoms with E-state index in [1.165, 1.54) is 0 Å². The highest BCUT2D eigenvalue weighted by molar-refractivity contribution is 7.99. The topological polar surface area (TPSA) is 63.1 Å². The second kappa shape index (κ2) is 10.1. The Morgan fingerprint density at radius 3 is 2.52 bits per heavy atom. The number of carbonyl (C=O) groups is 1. The first-order chi connectivity index (χ1) is 15.2. The van der Waals surface area contributed by atoms with Crippen LogP contribution in [-0.4, -0.2) is 51.0 Å². The SMILES string of the molecule is CCSc1nnc(C2CCN(CC(=O)Nc3ccccc3-c3ccccc3)CC2)n1C. The molecule has 4 rings (SSSR count). The summed E-state index contributed by atoms with van der Waals surface area (Å²) in [7, 11) is 2.05. The molecule has 1 fully saturated rings. The number of likely N-dealkylation sites (tertiary alicyclic amines) is 1. The van der Waals surface area contributed by atoms with E-state index >= 15 is 0 Å². The van der Waals surface area contributed by atoms with Gasteiger partial charge in [0.05, 0.1) is 6.54 Å². The Labute approximate surface area is 188 Å². The van der Waals surface area contributed by atoms with Gasteiger partial charge >= 0.3 is 0 Å². The van der Waals surface area contributed by atoms with Crippen molar-refractivity contribution in [2.45, 2.75) is 30.8 Å². The molecule has 1 aromatic heterocycles. The van der Waals surface area contributed by atoms with E-state index < -0.39 is 0 Å². The summed E-state index contributed by atoms with van der Waals surface area (Å²) in [5.74, 6) is 2.49. The van der Waals surface area contributed by atoms with Crippen molar-refractivity contribution in [3.05, 3.63) is 60.4 Å². The maximum absolute atomic E-state index is 12.8. The van der Waals surface area contributed by atoms with Crippen LogP contribution in [0, 0.1) is 0 Å². The van der Waals surface area contributed by atoms with E-state index in [-0.39, 0.29) is 5.91 Å². The Hall–Kier alpha value is -2.64. The minimum atomic E-state index is 0.0297. The molecule has 3 aromatic rings. The van der Waals surface area contributed by atoms with Gasteiger partial charge in [-0.15, -0.1) is 10.2 Å². The van der Waals surface area contributed by atoms with Crippen molar-refractivity contribution < 1.29 is 4.79 Å². The number of thioether (sulfide) groups is 1. The molecular weight excluding hydrogens is 406 g/mol. The first-order valence-electron chi connectivity index (χ1n) is 10.8. The molecule has 0 radical (unpaired) electrons. The lowest BCUT2D eigenvalue weighted by Crippen LogP contribution is -2.39. The van der Waals surface area contributed by atoms with Crippen LogP contribution in [0.15, 0.2) is 59.8 Å². The van der Waals surface area contributed by atoms with Gasteiger partial charge in [-0.1, -0.05) is 67.2 Å². The van der Waals surface area contributed by atoms with Crippen molar-refractivity contribution in [2.75, 3.05) is 30.7 Å². The highest BCUT2D eigenvalue weighted by Crippen LogP contribution is 2.29. The zero-order chi connectivity index (χ0) is 21.6. The predicted octanol–water partition coefficient (Wildman–Crippen LogP) is 4.41. The second-order valence-electron chi connectivity index (χ2n) is 7.84. The quantitative estimate of drug-likeness (QED) is 0.557. The van der Waals surface area contributed by atoms with Gasteiger partial charge < -0.3 is 9.88 Å². The van der Waals surface area contributed by atoms with E-state index in [1.54, 1.807) is 11.8 Å². The number of hydrogen-bond acceptors (Lipinski definition) is 5. The summed E-state index contributed by atoms with van der Waals surface area (Å²) in [6, 6.07) is 18.1. The van der Waals surface area contributed by atoms with Crippen LogP contribution in [0.5, 0.6) is 0 Å². The van der Waals surface area contributed by atoms with E-state index in [0.717, 1.165) is 59.5 Å². The zero-order valence-corrected chi connectivity index (χ0v) is 18.9. The monoisotopic (exact) mass is 435 g/mol. The highest BCUT2D eigenvalue weighted by atomic mass is 32.2. The maximum Gasteiger partial charge on any atom is 0.238 e. The van der Waals surface area contributed by atoms with E-state index in [2.05, 4.69) is 51.1 Å². The highest BCUT2D eigenvalue weighted by Gasteiger charge is 2.26. The molecule has 6 nitrogen and oxygen atoms in total. The fourth-order valence-electron chi connectivity index (χ4n) is 4.14. The van der Waals surface area contributed by atoms with Crippen molar-refractivity contribution in [2.24, 2.45) is 7.05 Å². The van der Waals surface area contributed by atoms with E-state index in [9.17, 15) is 4.79 Å². The maximum atomic E-state index is 12.8. The Bertz CT molecular complexity index is 1010. The van der Waals surface area contributed by atoms with E-state index in [1.807, 2.05) is 42.5 Å². The molecule has 0 aliphatic carbocycles. The van der Waals surface area contributed by atoms with Crippen molar-refractivity contribution in [3.63, 3.8) is 0 Å². The molecule has 0 unspecified atom stereocenters. The molecule has 2 aromatic carbocycles. The molecular formula is C24H29N5OS. The van der Waals surface area contributed by atoms with Gasteiger partial charge in [0.15, 0.2) is 5.16 Å². The molecule has 0 atom stereocenters. The Morgan fingerprint density at radius 1 is 1.06 bits per heavy atom. The predicted molar refractivity (Wildman–Crippen MR) is 126 cm³/mol. The van der Waals surface area contributed by atoms with Crippen LogP contribution in [0.4, 0.5) is 5.69 Å². The summed E-state index contributed by atoms with van der Waals surface area (Å²) in [5.41, 5.74) is 3.00. The Kier molecular flexibility index (Phi) is 7.04. The number of hydrogen-bond donors (Lipinski definition) is 1. The average Bonchev–Trinajstić information content (AvgIpc) is 3.16. The molecule has 2 heterocycles. The smallest absolute Gasteiger partial charge is 0.238 e. The van der Waals surface area contributed by atoms with E-state index in [0.29, 0.717) is 12.5 Å². The van der Waals surface area contributed by atoms with Crippen LogP contribution in [0.1, 0.15) is 31.5 Å². The third kappa shape index (κ3) is 5.17. The summed E-state index contributed by atoms with van der Waals surface area (Å²) >= 11 is 1.72. The molecule has 1 aliphatic rings. The number of rotatable bonds is 7. The molecule has 1 saturated heterocycles. The first-order valence-corrected chi connectivity index (χ1v) is 11.8. The summed E-state index contributed by atoms with van der Waals surface area (Å²) < 4.78 is 2.13. The summed E-state index contributed by atoms with van der Waals surface area (Å²) in [5, 5.41) is 12.9. The van der Waals surface area contributed by atoms with Gasteiger partial charge in [0.25, 0.3) is 0 Å². The van der Waals surface area contributed by atoms with Crippen LogP contribution in [0.2, 0.25) is 0 Å². The second-order valence-corrected chi connectivity index (χ2v) is 9.07. The Balaban J connectivity index is 1.33.